The maximum absolute atomic E-state index is 11.9. The number of nitrogens with two attached hydrogens (primary N) is 1. The van der Waals surface area contributed by atoms with Crippen LogP contribution in [-0.4, -0.2) is 28.9 Å². The van der Waals surface area contributed by atoms with Crippen LogP contribution >= 0.6 is 0 Å². The topological polar surface area (TPSA) is 59.2 Å². The molecule has 0 aliphatic carbocycles. The molecule has 0 spiro atoms. The maximum Gasteiger partial charge on any atom is 0.272 e. The van der Waals surface area contributed by atoms with Crippen molar-refractivity contribution in [2.24, 2.45) is 0 Å². The summed E-state index contributed by atoms with van der Waals surface area (Å²) in [5.41, 5.74) is 5.95. The molecule has 0 bridgehead atoms. The number of pyridine rings is 1. The lowest BCUT2D eigenvalue weighted by molar-refractivity contribution is 0.0759. The molecule has 0 atom stereocenters. The van der Waals surface area contributed by atoms with Crippen molar-refractivity contribution in [1.29, 1.82) is 0 Å². The first-order chi connectivity index (χ1) is 7.19. The number of nitrogens with zero attached hydrogens (tertiary/aromatic N) is 2. The summed E-state index contributed by atoms with van der Waals surface area (Å²) in [6.45, 7) is 5.46. The van der Waals surface area contributed by atoms with E-state index in [1.807, 2.05) is 13.8 Å². The molecule has 0 fully saturated rings. The Morgan fingerprint density at radius 3 is 2.73 bits per heavy atom. The normalized spacial score (nSPS) is 10.0. The van der Waals surface area contributed by atoms with Crippen molar-refractivity contribution in [1.82, 2.24) is 9.88 Å². The van der Waals surface area contributed by atoms with Gasteiger partial charge >= 0.3 is 0 Å². The van der Waals surface area contributed by atoms with Crippen LogP contribution < -0.4 is 5.73 Å². The number of anilines is 1. The Labute approximate surface area is 90.1 Å². The molecule has 1 aromatic heterocycles. The first-order valence-electron chi connectivity index (χ1n) is 5.20. The van der Waals surface area contributed by atoms with Crippen LogP contribution in [0.15, 0.2) is 18.2 Å². The molecular weight excluding hydrogens is 190 g/mol. The Kier molecular flexibility index (Phi) is 4.09. The second kappa shape index (κ2) is 5.34. The molecule has 1 aromatic rings. The Balaban J connectivity index is 2.82. The zero-order valence-electron chi connectivity index (χ0n) is 9.23. The monoisotopic (exact) mass is 207 g/mol. The van der Waals surface area contributed by atoms with Gasteiger partial charge in [0.15, 0.2) is 0 Å². The van der Waals surface area contributed by atoms with Gasteiger partial charge in [0, 0.05) is 13.1 Å². The predicted molar refractivity (Wildman–Crippen MR) is 60.5 cm³/mol. The van der Waals surface area contributed by atoms with Crippen LogP contribution in [0.25, 0.3) is 0 Å². The van der Waals surface area contributed by atoms with E-state index in [1.54, 1.807) is 23.1 Å². The van der Waals surface area contributed by atoms with E-state index in [2.05, 4.69) is 4.98 Å². The van der Waals surface area contributed by atoms with Gasteiger partial charge in [-0.2, -0.15) is 0 Å². The van der Waals surface area contributed by atoms with Gasteiger partial charge in [0.25, 0.3) is 5.91 Å². The van der Waals surface area contributed by atoms with Crippen molar-refractivity contribution in [2.45, 2.75) is 20.3 Å². The van der Waals surface area contributed by atoms with Gasteiger partial charge in [-0.15, -0.1) is 0 Å². The third-order valence-corrected chi connectivity index (χ3v) is 2.15. The second-order valence-corrected chi connectivity index (χ2v) is 3.33. The molecule has 1 amide bonds. The van der Waals surface area contributed by atoms with Crippen LogP contribution in [0.2, 0.25) is 0 Å². The first kappa shape index (κ1) is 11.5. The first-order valence-corrected chi connectivity index (χ1v) is 5.20. The molecule has 0 aliphatic rings. The fraction of sp³-hybridized carbons (Fsp3) is 0.455. The minimum absolute atomic E-state index is 0.0494. The van der Waals surface area contributed by atoms with E-state index in [-0.39, 0.29) is 5.91 Å². The zero-order chi connectivity index (χ0) is 11.3. The van der Waals surface area contributed by atoms with Crippen molar-refractivity contribution in [3.05, 3.63) is 23.9 Å². The highest BCUT2D eigenvalue weighted by Gasteiger charge is 2.14. The summed E-state index contributed by atoms with van der Waals surface area (Å²) in [7, 11) is 0. The summed E-state index contributed by atoms with van der Waals surface area (Å²) in [5.74, 6) is 0.333. The molecule has 15 heavy (non-hydrogen) atoms. The van der Waals surface area contributed by atoms with E-state index >= 15 is 0 Å². The number of nitrogen functional groups attached to an aromatic ring is 1. The van der Waals surface area contributed by atoms with Crippen molar-refractivity contribution >= 4 is 11.7 Å². The second-order valence-electron chi connectivity index (χ2n) is 3.33. The number of hydrogen-bond acceptors (Lipinski definition) is 3. The van der Waals surface area contributed by atoms with Gasteiger partial charge in [0.1, 0.15) is 11.5 Å². The molecule has 0 aromatic carbocycles. The predicted octanol–water partition coefficient (Wildman–Crippen LogP) is 1.54. The molecule has 1 heterocycles. The molecule has 0 saturated heterocycles. The average Bonchev–Trinajstić information content (AvgIpc) is 2.25. The SMILES string of the molecule is CCCN(CC)C(=O)c1cccc(N)n1. The van der Waals surface area contributed by atoms with Gasteiger partial charge in [-0.3, -0.25) is 4.79 Å². The van der Waals surface area contributed by atoms with Crippen LogP contribution in [0.3, 0.4) is 0 Å². The lowest BCUT2D eigenvalue weighted by Gasteiger charge is -2.19. The van der Waals surface area contributed by atoms with Crippen LogP contribution in [0.4, 0.5) is 5.82 Å². The third-order valence-electron chi connectivity index (χ3n) is 2.15. The molecule has 0 saturated carbocycles. The molecule has 0 unspecified atom stereocenters. The summed E-state index contributed by atoms with van der Waals surface area (Å²) in [4.78, 5) is 17.7. The van der Waals surface area contributed by atoms with Crippen LogP contribution in [0, 0.1) is 0 Å². The van der Waals surface area contributed by atoms with Gasteiger partial charge in [0.05, 0.1) is 0 Å². The van der Waals surface area contributed by atoms with Gasteiger partial charge in [0.2, 0.25) is 0 Å². The number of hydrogen-bond donors (Lipinski definition) is 1. The van der Waals surface area contributed by atoms with E-state index in [0.29, 0.717) is 18.1 Å². The minimum Gasteiger partial charge on any atom is -0.384 e. The summed E-state index contributed by atoms with van der Waals surface area (Å²) in [6, 6.07) is 5.11. The molecule has 1 rings (SSSR count). The maximum atomic E-state index is 11.9. The number of rotatable bonds is 4. The van der Waals surface area contributed by atoms with Crippen molar-refractivity contribution in [3.63, 3.8) is 0 Å². The van der Waals surface area contributed by atoms with Gasteiger partial charge in [-0.05, 0) is 25.5 Å². The van der Waals surface area contributed by atoms with Gasteiger partial charge in [-0.1, -0.05) is 13.0 Å². The van der Waals surface area contributed by atoms with Crippen molar-refractivity contribution in [2.75, 3.05) is 18.8 Å². The van der Waals surface area contributed by atoms with Crippen LogP contribution in [0.5, 0.6) is 0 Å². The quantitative estimate of drug-likeness (QED) is 0.814. The highest BCUT2D eigenvalue weighted by atomic mass is 16.2. The van der Waals surface area contributed by atoms with E-state index in [4.69, 9.17) is 5.73 Å². The highest BCUT2D eigenvalue weighted by Crippen LogP contribution is 2.05. The number of carbonyl (C=O) groups excluding carboxylic acids is 1. The highest BCUT2D eigenvalue weighted by molar-refractivity contribution is 5.92. The Hall–Kier alpha value is -1.58. The number of carbonyl (C=O) groups is 1. The summed E-state index contributed by atoms with van der Waals surface area (Å²) >= 11 is 0. The van der Waals surface area contributed by atoms with E-state index in [0.717, 1.165) is 13.0 Å². The van der Waals surface area contributed by atoms with Gasteiger partial charge < -0.3 is 10.6 Å². The minimum atomic E-state index is -0.0494. The number of aromatic nitrogens is 1. The molecular formula is C11H17N3O. The lowest BCUT2D eigenvalue weighted by Crippen LogP contribution is -2.32. The van der Waals surface area contributed by atoms with Gasteiger partial charge in [-0.25, -0.2) is 4.98 Å². The Morgan fingerprint density at radius 1 is 1.47 bits per heavy atom. The van der Waals surface area contributed by atoms with E-state index in [1.165, 1.54) is 0 Å². The fourth-order valence-electron chi connectivity index (χ4n) is 1.41. The number of amides is 1. The Bertz CT molecular complexity index is 338. The van der Waals surface area contributed by atoms with Crippen molar-refractivity contribution in [3.8, 4) is 0 Å². The molecule has 0 aliphatic heterocycles. The average molecular weight is 207 g/mol. The van der Waals surface area contributed by atoms with Crippen LogP contribution in [0.1, 0.15) is 30.8 Å². The van der Waals surface area contributed by atoms with E-state index in [9.17, 15) is 4.79 Å². The smallest absolute Gasteiger partial charge is 0.272 e. The molecule has 0 radical (unpaired) electrons. The largest absolute Gasteiger partial charge is 0.384 e. The molecule has 4 nitrogen and oxygen atoms in total. The van der Waals surface area contributed by atoms with Crippen LogP contribution in [-0.2, 0) is 0 Å². The van der Waals surface area contributed by atoms with E-state index < -0.39 is 0 Å². The summed E-state index contributed by atoms with van der Waals surface area (Å²) < 4.78 is 0. The summed E-state index contributed by atoms with van der Waals surface area (Å²) in [6.07, 6.45) is 0.946. The fourth-order valence-corrected chi connectivity index (χ4v) is 1.41. The molecule has 4 heteroatoms. The third kappa shape index (κ3) is 2.94. The Morgan fingerprint density at radius 2 is 2.20 bits per heavy atom. The van der Waals surface area contributed by atoms with Crippen molar-refractivity contribution < 1.29 is 4.79 Å². The lowest BCUT2D eigenvalue weighted by atomic mass is 10.3. The molecule has 82 valence electrons. The zero-order valence-corrected chi connectivity index (χ0v) is 9.23. The summed E-state index contributed by atoms with van der Waals surface area (Å²) in [5, 5.41) is 0. The molecule has 2 N–H and O–H groups in total. The standard InChI is InChI=1S/C11H17N3O/c1-3-8-14(4-2)11(15)9-6-5-7-10(12)13-9/h5-7H,3-4,8H2,1-2H3,(H2,12,13).